The SMILES string of the molecule is CC(C)NC(=O)NC(=O)[C@@H](C)OC(=O)c1cc2c(s1)CC[C@@H](C)C2. The standard InChI is InChI=1S/C17H24N2O4S/c1-9(2)18-17(22)19-15(20)11(4)23-16(21)14-8-12-7-10(3)5-6-13(12)24-14/h8-11H,5-7H2,1-4H3,(H2,18,19,20,22)/t10-,11-/m1/s1. The largest absolute Gasteiger partial charge is 0.448 e. The van der Waals surface area contributed by atoms with E-state index in [0.29, 0.717) is 10.8 Å². The minimum Gasteiger partial charge on any atom is -0.448 e. The number of thiophene rings is 1. The van der Waals surface area contributed by atoms with E-state index < -0.39 is 24.0 Å². The summed E-state index contributed by atoms with van der Waals surface area (Å²) in [7, 11) is 0. The Kier molecular flexibility index (Phi) is 5.99. The molecule has 1 aromatic rings. The van der Waals surface area contributed by atoms with Crippen LogP contribution < -0.4 is 10.6 Å². The molecule has 0 spiro atoms. The van der Waals surface area contributed by atoms with Crippen LogP contribution in [0.15, 0.2) is 6.07 Å². The van der Waals surface area contributed by atoms with Gasteiger partial charge in [-0.2, -0.15) is 0 Å². The molecule has 0 unspecified atom stereocenters. The van der Waals surface area contributed by atoms with Gasteiger partial charge in [-0.25, -0.2) is 9.59 Å². The maximum atomic E-state index is 12.2. The molecule has 132 valence electrons. The van der Waals surface area contributed by atoms with E-state index in [-0.39, 0.29) is 6.04 Å². The molecule has 2 N–H and O–H groups in total. The summed E-state index contributed by atoms with van der Waals surface area (Å²) in [4.78, 5) is 37.4. The highest BCUT2D eigenvalue weighted by molar-refractivity contribution is 7.14. The van der Waals surface area contributed by atoms with Crippen molar-refractivity contribution in [3.05, 3.63) is 21.4 Å². The number of nitrogens with one attached hydrogen (secondary N) is 2. The Hall–Kier alpha value is -1.89. The first-order valence-electron chi connectivity index (χ1n) is 8.20. The molecule has 6 nitrogen and oxygen atoms in total. The number of carbonyl (C=O) groups excluding carboxylic acids is 3. The van der Waals surface area contributed by atoms with Gasteiger partial charge in [-0.3, -0.25) is 10.1 Å². The van der Waals surface area contributed by atoms with Crippen molar-refractivity contribution in [2.24, 2.45) is 5.92 Å². The van der Waals surface area contributed by atoms with E-state index in [1.807, 2.05) is 6.07 Å². The van der Waals surface area contributed by atoms with Crippen LogP contribution in [0, 0.1) is 5.92 Å². The van der Waals surface area contributed by atoms with Gasteiger partial charge in [0, 0.05) is 10.9 Å². The van der Waals surface area contributed by atoms with Crippen molar-refractivity contribution < 1.29 is 19.1 Å². The zero-order chi connectivity index (χ0) is 17.9. The number of amides is 3. The van der Waals surface area contributed by atoms with E-state index in [2.05, 4.69) is 17.6 Å². The molecule has 0 saturated heterocycles. The van der Waals surface area contributed by atoms with Crippen molar-refractivity contribution in [2.75, 3.05) is 0 Å². The van der Waals surface area contributed by atoms with E-state index in [4.69, 9.17) is 4.74 Å². The molecule has 0 radical (unpaired) electrons. The Morgan fingerprint density at radius 2 is 2.00 bits per heavy atom. The fourth-order valence-electron chi connectivity index (χ4n) is 2.59. The van der Waals surface area contributed by atoms with Crippen LogP contribution in [0.5, 0.6) is 0 Å². The molecule has 3 amide bonds. The number of rotatable bonds is 4. The molecule has 0 aromatic carbocycles. The van der Waals surface area contributed by atoms with Crippen molar-refractivity contribution in [1.29, 1.82) is 0 Å². The molecule has 1 heterocycles. The zero-order valence-electron chi connectivity index (χ0n) is 14.5. The molecule has 2 atom stereocenters. The average Bonchev–Trinajstić information content (AvgIpc) is 2.89. The molecular weight excluding hydrogens is 328 g/mol. The Morgan fingerprint density at radius 1 is 1.29 bits per heavy atom. The predicted octanol–water partition coefficient (Wildman–Crippen LogP) is 2.65. The van der Waals surface area contributed by atoms with E-state index in [9.17, 15) is 14.4 Å². The van der Waals surface area contributed by atoms with Crippen molar-refractivity contribution in [3.63, 3.8) is 0 Å². The number of fused-ring (bicyclic) bond motifs is 1. The number of urea groups is 1. The van der Waals surface area contributed by atoms with E-state index in [0.717, 1.165) is 19.3 Å². The van der Waals surface area contributed by atoms with Crippen LogP contribution in [0.3, 0.4) is 0 Å². The average molecular weight is 352 g/mol. The third-order valence-corrected chi connectivity index (χ3v) is 5.06. The summed E-state index contributed by atoms with van der Waals surface area (Å²) in [5.74, 6) is -0.537. The van der Waals surface area contributed by atoms with Crippen LogP contribution in [0.25, 0.3) is 0 Å². The molecule has 7 heteroatoms. The van der Waals surface area contributed by atoms with Crippen molar-refractivity contribution in [1.82, 2.24) is 10.6 Å². The Bertz CT molecular complexity index is 639. The highest BCUT2D eigenvalue weighted by atomic mass is 32.1. The van der Waals surface area contributed by atoms with Crippen molar-refractivity contribution in [2.45, 2.75) is 59.1 Å². The van der Waals surface area contributed by atoms with Gasteiger partial charge >= 0.3 is 12.0 Å². The lowest BCUT2D eigenvalue weighted by Crippen LogP contribution is -2.46. The Labute approximate surface area is 146 Å². The summed E-state index contributed by atoms with van der Waals surface area (Å²) in [6, 6.07) is 1.18. The van der Waals surface area contributed by atoms with Gasteiger partial charge in [0.15, 0.2) is 6.10 Å². The summed E-state index contributed by atoms with van der Waals surface area (Å²) >= 11 is 1.44. The van der Waals surface area contributed by atoms with Gasteiger partial charge in [0.2, 0.25) is 0 Å². The van der Waals surface area contributed by atoms with Crippen molar-refractivity contribution >= 4 is 29.2 Å². The number of carbonyl (C=O) groups is 3. The number of ether oxygens (including phenoxy) is 1. The molecule has 1 aromatic heterocycles. The van der Waals surface area contributed by atoms with E-state index in [1.54, 1.807) is 13.8 Å². The summed E-state index contributed by atoms with van der Waals surface area (Å²) in [5.41, 5.74) is 1.21. The number of esters is 1. The second kappa shape index (κ2) is 7.79. The normalized spacial score (nSPS) is 17.8. The molecule has 0 bridgehead atoms. The number of imide groups is 1. The summed E-state index contributed by atoms with van der Waals surface area (Å²) < 4.78 is 5.19. The fraction of sp³-hybridized carbons (Fsp3) is 0.588. The van der Waals surface area contributed by atoms with Gasteiger partial charge in [-0.1, -0.05) is 6.92 Å². The summed E-state index contributed by atoms with van der Waals surface area (Å²) in [5, 5.41) is 4.70. The second-order valence-electron chi connectivity index (χ2n) is 6.57. The van der Waals surface area contributed by atoms with Crippen LogP contribution in [-0.4, -0.2) is 30.1 Å². The van der Waals surface area contributed by atoms with Crippen LogP contribution in [-0.2, 0) is 22.4 Å². The second-order valence-corrected chi connectivity index (χ2v) is 7.71. The smallest absolute Gasteiger partial charge is 0.349 e. The first-order valence-corrected chi connectivity index (χ1v) is 9.01. The minimum atomic E-state index is -1.03. The first kappa shape index (κ1) is 18.4. The van der Waals surface area contributed by atoms with Gasteiger partial charge < -0.3 is 10.1 Å². The molecular formula is C17H24N2O4S. The van der Waals surface area contributed by atoms with E-state index in [1.165, 1.54) is 28.7 Å². The topological polar surface area (TPSA) is 84.5 Å². The highest BCUT2D eigenvalue weighted by Crippen LogP contribution is 2.32. The lowest BCUT2D eigenvalue weighted by atomic mass is 9.90. The maximum absolute atomic E-state index is 12.2. The zero-order valence-corrected chi connectivity index (χ0v) is 15.3. The Balaban J connectivity index is 1.92. The van der Waals surface area contributed by atoms with Gasteiger partial charge in [-0.05, 0) is 57.6 Å². The van der Waals surface area contributed by atoms with Crippen LogP contribution >= 0.6 is 11.3 Å². The van der Waals surface area contributed by atoms with Gasteiger partial charge in [-0.15, -0.1) is 11.3 Å². The minimum absolute atomic E-state index is 0.0875. The summed E-state index contributed by atoms with van der Waals surface area (Å²) in [6.45, 7) is 7.22. The quantitative estimate of drug-likeness (QED) is 0.816. The third-order valence-electron chi connectivity index (χ3n) is 3.84. The molecule has 0 fully saturated rings. The lowest BCUT2D eigenvalue weighted by Gasteiger charge is -2.16. The molecule has 2 rings (SSSR count). The van der Waals surface area contributed by atoms with Gasteiger partial charge in [0.25, 0.3) is 5.91 Å². The fourth-order valence-corrected chi connectivity index (χ4v) is 3.68. The summed E-state index contributed by atoms with van der Waals surface area (Å²) in [6.07, 6.45) is 2.06. The number of aryl methyl sites for hydroxylation is 1. The third kappa shape index (κ3) is 4.80. The van der Waals surface area contributed by atoms with Crippen molar-refractivity contribution in [3.8, 4) is 0 Å². The predicted molar refractivity (Wildman–Crippen MR) is 92.2 cm³/mol. The Morgan fingerprint density at radius 3 is 2.67 bits per heavy atom. The first-order chi connectivity index (χ1) is 11.3. The number of hydrogen-bond acceptors (Lipinski definition) is 5. The van der Waals surface area contributed by atoms with Gasteiger partial charge in [0.1, 0.15) is 4.88 Å². The van der Waals surface area contributed by atoms with Crippen LogP contribution in [0.4, 0.5) is 4.79 Å². The molecule has 0 aliphatic heterocycles. The molecule has 24 heavy (non-hydrogen) atoms. The lowest BCUT2D eigenvalue weighted by molar-refractivity contribution is -0.127. The van der Waals surface area contributed by atoms with Gasteiger partial charge in [0.05, 0.1) is 0 Å². The molecule has 1 aliphatic rings. The van der Waals surface area contributed by atoms with Crippen LogP contribution in [0.2, 0.25) is 0 Å². The number of hydrogen-bond donors (Lipinski definition) is 2. The molecule has 1 aliphatic carbocycles. The van der Waals surface area contributed by atoms with Crippen LogP contribution in [0.1, 0.15) is 54.2 Å². The maximum Gasteiger partial charge on any atom is 0.349 e. The van der Waals surface area contributed by atoms with E-state index >= 15 is 0 Å². The monoisotopic (exact) mass is 352 g/mol. The molecule has 0 saturated carbocycles. The highest BCUT2D eigenvalue weighted by Gasteiger charge is 2.25.